The minimum absolute atomic E-state index is 0.450. The molecule has 0 aliphatic carbocycles. The van der Waals surface area contributed by atoms with Gasteiger partial charge >= 0.3 is 5.97 Å². The Kier molecular flexibility index (Phi) is 4.55. The van der Waals surface area contributed by atoms with Gasteiger partial charge in [0, 0.05) is 6.61 Å². The van der Waals surface area contributed by atoms with Crippen molar-refractivity contribution in [2.24, 2.45) is 0 Å². The predicted molar refractivity (Wildman–Crippen MR) is 61.4 cm³/mol. The molecule has 1 unspecified atom stereocenters. The molecule has 0 aromatic heterocycles. The van der Waals surface area contributed by atoms with Gasteiger partial charge < -0.3 is 35.2 Å². The van der Waals surface area contributed by atoms with Crippen LogP contribution in [0, 0.1) is 0 Å². The van der Waals surface area contributed by atoms with Gasteiger partial charge in [-0.25, -0.2) is 4.79 Å². The minimum Gasteiger partial charge on any atom is -0.479 e. The Morgan fingerprint density at radius 2 is 1.80 bits per heavy atom. The fraction of sp³-hybridized carbons (Fsp3) is 0.818. The van der Waals surface area contributed by atoms with Crippen molar-refractivity contribution in [1.29, 1.82) is 0 Å². The molecule has 0 aromatic rings. The second-order valence-corrected chi connectivity index (χ2v) is 4.80. The Balaban J connectivity index is 2.02. The third-order valence-corrected chi connectivity index (χ3v) is 3.36. The van der Waals surface area contributed by atoms with Gasteiger partial charge in [-0.3, -0.25) is 4.79 Å². The van der Waals surface area contributed by atoms with Crippen LogP contribution in [0.1, 0.15) is 12.8 Å². The molecular weight excluding hydrogens is 274 g/mol. The zero-order chi connectivity index (χ0) is 14.9. The van der Waals surface area contributed by atoms with E-state index in [1.165, 1.54) is 0 Å². The molecule has 5 N–H and O–H groups in total. The number of rotatable bonds is 3. The van der Waals surface area contributed by atoms with E-state index in [0.29, 0.717) is 13.0 Å². The molecule has 0 bridgehead atoms. The number of nitrogens with one attached hydrogen (secondary N) is 1. The smallest absolute Gasteiger partial charge is 0.335 e. The highest BCUT2D eigenvalue weighted by atomic mass is 16.6. The number of carbonyl (C=O) groups excluding carboxylic acids is 1. The Hall–Kier alpha value is -1.26. The maximum absolute atomic E-state index is 11.8. The van der Waals surface area contributed by atoms with E-state index in [-0.39, 0.29) is 0 Å². The molecule has 0 saturated carbocycles. The van der Waals surface area contributed by atoms with Crippen molar-refractivity contribution in [1.82, 2.24) is 5.32 Å². The largest absolute Gasteiger partial charge is 0.479 e. The molecule has 9 nitrogen and oxygen atoms in total. The number of hydrogen-bond acceptors (Lipinski definition) is 7. The number of carboxylic acid groups (broad SMARTS) is 1. The zero-order valence-corrected chi connectivity index (χ0v) is 10.5. The number of aliphatic carboxylic acids is 1. The average Bonchev–Trinajstić information content (AvgIpc) is 2.93. The fourth-order valence-corrected chi connectivity index (χ4v) is 2.22. The molecule has 2 rings (SSSR count). The summed E-state index contributed by atoms with van der Waals surface area (Å²) in [6.07, 6.45) is -7.75. The third-order valence-electron chi connectivity index (χ3n) is 3.36. The van der Waals surface area contributed by atoms with E-state index in [0.717, 1.165) is 6.42 Å². The lowest BCUT2D eigenvalue weighted by molar-refractivity contribution is -0.234. The molecule has 0 aromatic carbocycles. The van der Waals surface area contributed by atoms with E-state index < -0.39 is 48.6 Å². The van der Waals surface area contributed by atoms with Crippen LogP contribution in [-0.4, -0.2) is 75.7 Å². The van der Waals surface area contributed by atoms with Gasteiger partial charge in [-0.15, -0.1) is 0 Å². The molecule has 2 fully saturated rings. The number of aliphatic hydroxyl groups excluding tert-OH is 3. The van der Waals surface area contributed by atoms with Crippen LogP contribution in [0.15, 0.2) is 0 Å². The minimum atomic E-state index is -1.78. The van der Waals surface area contributed by atoms with E-state index in [4.69, 9.17) is 14.6 Å². The Morgan fingerprint density at radius 3 is 2.35 bits per heavy atom. The summed E-state index contributed by atoms with van der Waals surface area (Å²) in [5.74, 6) is -2.06. The normalized spacial score (nSPS) is 41.4. The molecule has 0 radical (unpaired) electrons. The van der Waals surface area contributed by atoms with Crippen molar-refractivity contribution >= 4 is 11.9 Å². The number of hydrogen-bond donors (Lipinski definition) is 5. The third kappa shape index (κ3) is 2.91. The van der Waals surface area contributed by atoms with Crippen LogP contribution in [0.4, 0.5) is 0 Å². The van der Waals surface area contributed by atoms with Gasteiger partial charge in [-0.1, -0.05) is 0 Å². The molecule has 2 saturated heterocycles. The first-order chi connectivity index (χ1) is 9.41. The summed E-state index contributed by atoms with van der Waals surface area (Å²) in [5, 5.41) is 39.9. The van der Waals surface area contributed by atoms with Crippen LogP contribution in [-0.2, 0) is 19.1 Å². The second kappa shape index (κ2) is 6.02. The number of carboxylic acids is 1. The van der Waals surface area contributed by atoms with Crippen molar-refractivity contribution in [3.8, 4) is 0 Å². The number of amides is 1. The standard InChI is InChI=1S/C11H17NO8/c13-5-6(14)8(11(17)18)20-10(7(5)15)12-9(16)4-2-1-3-19-4/h4-8,10,13-15H,1-3H2,(H,12,16)(H,17,18)/t4?,5-,6-,7+,8-,10+/m0/s1. The fourth-order valence-electron chi connectivity index (χ4n) is 2.22. The molecule has 2 aliphatic rings. The molecule has 2 aliphatic heterocycles. The summed E-state index contributed by atoms with van der Waals surface area (Å²) < 4.78 is 10.1. The Labute approximate surface area is 114 Å². The average molecular weight is 291 g/mol. The maximum Gasteiger partial charge on any atom is 0.335 e. The van der Waals surface area contributed by atoms with E-state index in [1.807, 2.05) is 0 Å². The number of carbonyl (C=O) groups is 2. The Bertz CT molecular complexity index is 383. The number of aliphatic hydroxyl groups is 3. The van der Waals surface area contributed by atoms with Gasteiger partial charge in [-0.2, -0.15) is 0 Å². The van der Waals surface area contributed by atoms with Gasteiger partial charge in [0.15, 0.2) is 12.3 Å². The highest BCUT2D eigenvalue weighted by Gasteiger charge is 2.47. The molecule has 9 heteroatoms. The first-order valence-corrected chi connectivity index (χ1v) is 6.26. The van der Waals surface area contributed by atoms with Crippen LogP contribution in [0.3, 0.4) is 0 Å². The highest BCUT2D eigenvalue weighted by molar-refractivity contribution is 5.81. The van der Waals surface area contributed by atoms with Gasteiger partial charge in [0.2, 0.25) is 0 Å². The van der Waals surface area contributed by atoms with Gasteiger partial charge in [0.1, 0.15) is 24.4 Å². The van der Waals surface area contributed by atoms with Crippen LogP contribution in [0.5, 0.6) is 0 Å². The molecule has 20 heavy (non-hydrogen) atoms. The molecule has 1 amide bonds. The summed E-state index contributed by atoms with van der Waals surface area (Å²) in [6.45, 7) is 0.450. The van der Waals surface area contributed by atoms with Crippen LogP contribution in [0.25, 0.3) is 0 Å². The Morgan fingerprint density at radius 1 is 1.10 bits per heavy atom. The van der Waals surface area contributed by atoms with Crippen LogP contribution >= 0.6 is 0 Å². The van der Waals surface area contributed by atoms with Crippen molar-refractivity contribution in [3.05, 3.63) is 0 Å². The summed E-state index contributed by atoms with van der Waals surface area (Å²) in [5.41, 5.74) is 0. The van der Waals surface area contributed by atoms with Crippen molar-refractivity contribution in [2.75, 3.05) is 6.61 Å². The molecule has 114 valence electrons. The highest BCUT2D eigenvalue weighted by Crippen LogP contribution is 2.21. The first kappa shape index (κ1) is 15.1. The molecule has 6 atom stereocenters. The monoisotopic (exact) mass is 291 g/mol. The first-order valence-electron chi connectivity index (χ1n) is 6.26. The van der Waals surface area contributed by atoms with E-state index in [9.17, 15) is 24.9 Å². The number of ether oxygens (including phenoxy) is 2. The van der Waals surface area contributed by atoms with Gasteiger partial charge in [-0.05, 0) is 12.8 Å². The van der Waals surface area contributed by atoms with Crippen LogP contribution < -0.4 is 5.32 Å². The summed E-state index contributed by atoms with van der Waals surface area (Å²) in [4.78, 5) is 22.7. The molecular formula is C11H17NO8. The summed E-state index contributed by atoms with van der Waals surface area (Å²) in [6, 6.07) is 0. The van der Waals surface area contributed by atoms with Gasteiger partial charge in [0.05, 0.1) is 0 Å². The lowest BCUT2D eigenvalue weighted by Crippen LogP contribution is -2.64. The van der Waals surface area contributed by atoms with E-state index >= 15 is 0 Å². The quantitative estimate of drug-likeness (QED) is 0.374. The molecule has 2 heterocycles. The van der Waals surface area contributed by atoms with Crippen molar-refractivity contribution < 1.29 is 39.5 Å². The zero-order valence-electron chi connectivity index (χ0n) is 10.5. The van der Waals surface area contributed by atoms with Crippen molar-refractivity contribution in [3.63, 3.8) is 0 Å². The summed E-state index contributed by atoms with van der Waals surface area (Å²) >= 11 is 0. The van der Waals surface area contributed by atoms with E-state index in [1.54, 1.807) is 0 Å². The van der Waals surface area contributed by atoms with Crippen molar-refractivity contribution in [2.45, 2.75) is 49.6 Å². The topological polar surface area (TPSA) is 146 Å². The second-order valence-electron chi connectivity index (χ2n) is 4.80. The van der Waals surface area contributed by atoms with E-state index in [2.05, 4.69) is 5.32 Å². The van der Waals surface area contributed by atoms with Crippen LogP contribution in [0.2, 0.25) is 0 Å². The SMILES string of the molecule is O=C(N[C@@H]1O[C@H](C(=O)O)[C@@H](O)[C@H](O)[C@H]1O)C1CCCO1. The summed E-state index contributed by atoms with van der Waals surface area (Å²) in [7, 11) is 0. The predicted octanol–water partition coefficient (Wildman–Crippen LogP) is -2.83. The lowest BCUT2D eigenvalue weighted by Gasteiger charge is -2.39. The molecule has 0 spiro atoms. The maximum atomic E-state index is 11.8. The van der Waals surface area contributed by atoms with Gasteiger partial charge in [0.25, 0.3) is 5.91 Å². The lowest BCUT2D eigenvalue weighted by atomic mass is 9.98.